The average Bonchev–Trinajstić information content (AvgIpc) is 3.20. The molecule has 166 valence electrons. The fourth-order valence-corrected chi connectivity index (χ4v) is 4.65. The molecule has 32 heavy (non-hydrogen) atoms. The van der Waals surface area contributed by atoms with Crippen molar-refractivity contribution in [1.29, 1.82) is 0 Å². The Labute approximate surface area is 186 Å². The van der Waals surface area contributed by atoms with Crippen molar-refractivity contribution in [3.63, 3.8) is 0 Å². The molecule has 2 aliphatic heterocycles. The summed E-state index contributed by atoms with van der Waals surface area (Å²) in [4.78, 5) is 21.0. The first kappa shape index (κ1) is 19.5. The van der Waals surface area contributed by atoms with Crippen molar-refractivity contribution in [2.24, 2.45) is 7.05 Å². The summed E-state index contributed by atoms with van der Waals surface area (Å²) in [6, 6.07) is 4.38. The molecule has 0 amide bonds. The molecule has 3 aromatic rings. The maximum Gasteiger partial charge on any atom is 0.166 e. The smallest absolute Gasteiger partial charge is 0.166 e. The van der Waals surface area contributed by atoms with E-state index in [0.29, 0.717) is 29.6 Å². The number of hydrogen-bond donors (Lipinski definition) is 1. The summed E-state index contributed by atoms with van der Waals surface area (Å²) in [6.07, 6.45) is 8.82. The van der Waals surface area contributed by atoms with Crippen molar-refractivity contribution >= 4 is 11.6 Å². The molecule has 6 rings (SSSR count). The normalized spacial score (nSPS) is 23.0. The van der Waals surface area contributed by atoms with Crippen LogP contribution in [0.3, 0.4) is 0 Å². The highest BCUT2D eigenvalue weighted by atomic mass is 16.5. The van der Waals surface area contributed by atoms with Gasteiger partial charge in [0.2, 0.25) is 0 Å². The Morgan fingerprint density at radius 3 is 2.78 bits per heavy atom. The predicted octanol–water partition coefficient (Wildman–Crippen LogP) is 2.85. The first-order valence-corrected chi connectivity index (χ1v) is 11.2. The van der Waals surface area contributed by atoms with Gasteiger partial charge in [0.25, 0.3) is 0 Å². The van der Waals surface area contributed by atoms with Crippen LogP contribution < -0.4 is 15.4 Å². The van der Waals surface area contributed by atoms with E-state index in [2.05, 4.69) is 20.9 Å². The predicted molar refractivity (Wildman–Crippen MR) is 119 cm³/mol. The number of imidazole rings is 1. The summed E-state index contributed by atoms with van der Waals surface area (Å²) in [5.41, 5.74) is 7.87. The summed E-state index contributed by atoms with van der Waals surface area (Å²) in [6.45, 7) is 3.61. The minimum absolute atomic E-state index is 0.266. The fourth-order valence-electron chi connectivity index (χ4n) is 4.65. The molecule has 0 aromatic carbocycles. The van der Waals surface area contributed by atoms with Crippen molar-refractivity contribution in [3.8, 4) is 17.0 Å². The first-order valence-electron chi connectivity index (χ1n) is 11.2. The Morgan fingerprint density at radius 1 is 1.22 bits per heavy atom. The number of morpholine rings is 1. The van der Waals surface area contributed by atoms with Crippen molar-refractivity contribution in [2.75, 3.05) is 23.8 Å². The van der Waals surface area contributed by atoms with E-state index in [1.165, 1.54) is 0 Å². The van der Waals surface area contributed by atoms with Crippen molar-refractivity contribution < 1.29 is 9.47 Å². The summed E-state index contributed by atoms with van der Waals surface area (Å²) < 4.78 is 13.9. The summed E-state index contributed by atoms with van der Waals surface area (Å²) in [7, 11) is 1.94. The molecule has 2 bridgehead atoms. The van der Waals surface area contributed by atoms with Gasteiger partial charge in [-0.25, -0.2) is 19.9 Å². The number of aromatic nitrogens is 5. The highest BCUT2D eigenvalue weighted by Gasteiger charge is 2.40. The average molecular weight is 434 g/mol. The zero-order chi connectivity index (χ0) is 21.8. The number of nitrogen functional groups attached to an aromatic ring is 1. The van der Waals surface area contributed by atoms with E-state index >= 15 is 0 Å². The van der Waals surface area contributed by atoms with Crippen LogP contribution in [-0.2, 0) is 11.8 Å². The van der Waals surface area contributed by atoms with Crippen LogP contribution >= 0.6 is 0 Å². The van der Waals surface area contributed by atoms with Gasteiger partial charge in [0.1, 0.15) is 17.5 Å². The lowest BCUT2D eigenvalue weighted by Crippen LogP contribution is -2.37. The van der Waals surface area contributed by atoms with Crippen LogP contribution in [0, 0.1) is 0 Å². The standard InChI is InChI=1S/C23H27N7O2/c1-13(23-25-5-6-29(23)2)32-19-7-15(10-26-21(19)24)18-9-20(28-22(27-18)14-3-4-14)30-11-17-8-16(30)12-31-17/h5-7,9-10,13-14,16-17H,3-4,8,11-12H2,1-2H3,(H2,24,26)/t13?,16-,17-/m0/s1. The molecule has 9 heteroatoms. The quantitative estimate of drug-likeness (QED) is 0.633. The number of hydrogen-bond acceptors (Lipinski definition) is 8. The molecule has 1 saturated carbocycles. The van der Waals surface area contributed by atoms with Crippen molar-refractivity contribution in [2.45, 2.75) is 50.4 Å². The molecule has 5 heterocycles. The van der Waals surface area contributed by atoms with Crippen molar-refractivity contribution in [3.05, 3.63) is 42.4 Å². The van der Waals surface area contributed by atoms with E-state index in [1.54, 1.807) is 12.4 Å². The van der Waals surface area contributed by atoms with Crippen LogP contribution in [0.15, 0.2) is 30.7 Å². The van der Waals surface area contributed by atoms with Gasteiger partial charge in [-0.05, 0) is 32.3 Å². The molecule has 1 aliphatic carbocycles. The van der Waals surface area contributed by atoms with Gasteiger partial charge in [0, 0.05) is 49.7 Å². The van der Waals surface area contributed by atoms with Gasteiger partial charge in [0.15, 0.2) is 17.7 Å². The van der Waals surface area contributed by atoms with Crippen LogP contribution in [-0.4, -0.2) is 49.8 Å². The number of nitrogens with two attached hydrogens (primary N) is 1. The van der Waals surface area contributed by atoms with Gasteiger partial charge >= 0.3 is 0 Å². The summed E-state index contributed by atoms with van der Waals surface area (Å²) in [5, 5.41) is 0. The number of ether oxygens (including phenoxy) is 2. The molecule has 0 spiro atoms. The van der Waals surface area contributed by atoms with Crippen LogP contribution in [0.2, 0.25) is 0 Å². The second kappa shape index (κ2) is 7.44. The number of anilines is 2. The topological polar surface area (TPSA) is 104 Å². The van der Waals surface area contributed by atoms with Gasteiger partial charge in [0.05, 0.1) is 24.4 Å². The zero-order valence-electron chi connectivity index (χ0n) is 18.3. The van der Waals surface area contributed by atoms with Crippen LogP contribution in [0.25, 0.3) is 11.3 Å². The van der Waals surface area contributed by atoms with Gasteiger partial charge in [-0.1, -0.05) is 0 Å². The first-order chi connectivity index (χ1) is 15.5. The van der Waals surface area contributed by atoms with Gasteiger partial charge in [-0.15, -0.1) is 0 Å². The number of fused-ring (bicyclic) bond motifs is 2. The Morgan fingerprint density at radius 2 is 2.09 bits per heavy atom. The number of pyridine rings is 1. The minimum atomic E-state index is -0.266. The number of nitrogens with zero attached hydrogens (tertiary/aromatic N) is 6. The minimum Gasteiger partial charge on any atom is -0.479 e. The number of rotatable bonds is 6. The molecule has 3 aromatic heterocycles. The SMILES string of the molecule is CC(Oc1cc(-c2cc(N3C[C@@H]4C[C@H]3CO4)nc(C3CC3)n2)cnc1N)c1nccn1C. The molecule has 3 aliphatic rings. The van der Waals surface area contributed by atoms with Gasteiger partial charge < -0.3 is 24.7 Å². The van der Waals surface area contributed by atoms with E-state index in [-0.39, 0.29) is 6.10 Å². The van der Waals surface area contributed by atoms with E-state index in [4.69, 9.17) is 25.2 Å². The van der Waals surface area contributed by atoms with E-state index < -0.39 is 0 Å². The summed E-state index contributed by atoms with van der Waals surface area (Å²) >= 11 is 0. The number of aryl methyl sites for hydroxylation is 1. The summed E-state index contributed by atoms with van der Waals surface area (Å²) in [5.74, 6) is 4.04. The van der Waals surface area contributed by atoms with Gasteiger partial charge in [-0.2, -0.15) is 0 Å². The highest BCUT2D eigenvalue weighted by Crippen LogP contribution is 2.41. The maximum atomic E-state index is 6.15. The molecule has 3 fully saturated rings. The lowest BCUT2D eigenvalue weighted by molar-refractivity contribution is 0.0989. The molecule has 0 radical (unpaired) electrons. The third-order valence-corrected chi connectivity index (χ3v) is 6.57. The monoisotopic (exact) mass is 433 g/mol. The molecule has 9 nitrogen and oxygen atoms in total. The Hall–Kier alpha value is -3.20. The van der Waals surface area contributed by atoms with E-state index in [9.17, 15) is 0 Å². The Balaban J connectivity index is 1.34. The molecule has 2 saturated heterocycles. The lowest BCUT2D eigenvalue weighted by atomic mass is 10.1. The van der Waals surface area contributed by atoms with Crippen LogP contribution in [0.5, 0.6) is 5.75 Å². The Bertz CT molecular complexity index is 1160. The lowest BCUT2D eigenvalue weighted by Gasteiger charge is -2.28. The largest absolute Gasteiger partial charge is 0.479 e. The molecular weight excluding hydrogens is 406 g/mol. The van der Waals surface area contributed by atoms with Crippen LogP contribution in [0.1, 0.15) is 49.9 Å². The second-order valence-electron chi connectivity index (χ2n) is 9.00. The maximum absolute atomic E-state index is 6.15. The molecule has 3 atom stereocenters. The zero-order valence-corrected chi connectivity index (χ0v) is 18.3. The Kier molecular flexibility index (Phi) is 4.53. The molecule has 2 N–H and O–H groups in total. The second-order valence-corrected chi connectivity index (χ2v) is 9.00. The van der Waals surface area contributed by atoms with Gasteiger partial charge in [-0.3, -0.25) is 0 Å². The van der Waals surface area contributed by atoms with E-state index in [1.807, 2.05) is 30.8 Å². The van der Waals surface area contributed by atoms with Crippen molar-refractivity contribution in [1.82, 2.24) is 24.5 Å². The molecule has 1 unspecified atom stereocenters. The fraction of sp³-hybridized carbons (Fsp3) is 0.478. The third-order valence-electron chi connectivity index (χ3n) is 6.57. The highest BCUT2D eigenvalue weighted by molar-refractivity contribution is 5.67. The molecular formula is C23H27N7O2. The van der Waals surface area contributed by atoms with E-state index in [0.717, 1.165) is 61.1 Å². The van der Waals surface area contributed by atoms with Crippen LogP contribution in [0.4, 0.5) is 11.6 Å². The third kappa shape index (κ3) is 3.46.